The maximum atomic E-state index is 13.2. The molecule has 0 fully saturated rings. The van der Waals surface area contributed by atoms with Crippen LogP contribution >= 0.6 is 11.6 Å². The molecule has 0 saturated heterocycles. The van der Waals surface area contributed by atoms with E-state index in [0.717, 1.165) is 25.7 Å². The molecule has 0 aliphatic rings. The molecule has 0 aliphatic heterocycles. The Morgan fingerprint density at radius 3 is 2.59 bits per heavy atom. The van der Waals surface area contributed by atoms with E-state index in [0.29, 0.717) is 5.56 Å². The summed E-state index contributed by atoms with van der Waals surface area (Å²) < 4.78 is 13.2. The number of rotatable bonds is 6. The highest BCUT2D eigenvalue weighted by Gasteiger charge is 2.18. The Kier molecular flexibility index (Phi) is 5.63. The fraction of sp³-hybridized carbons (Fsp3) is 0.500. The highest BCUT2D eigenvalue weighted by molar-refractivity contribution is 6.31. The SMILES string of the molecule is CCCC[C@H](CC)C(=O)c1cc(F)cc(Cl)c1. The van der Waals surface area contributed by atoms with Crippen molar-refractivity contribution >= 4 is 17.4 Å². The van der Waals surface area contributed by atoms with Gasteiger partial charge in [-0.3, -0.25) is 4.79 Å². The third kappa shape index (κ3) is 4.12. The molecule has 0 aromatic heterocycles. The van der Waals surface area contributed by atoms with Crippen LogP contribution in [0.1, 0.15) is 49.9 Å². The standard InChI is InChI=1S/C14H18ClFO/c1-3-5-6-10(4-2)14(17)11-7-12(15)9-13(16)8-11/h7-10H,3-6H2,1-2H3/t10-/m0/s1. The fourth-order valence-electron chi connectivity index (χ4n) is 1.90. The van der Waals surface area contributed by atoms with E-state index in [1.807, 2.05) is 6.92 Å². The van der Waals surface area contributed by atoms with E-state index in [1.54, 1.807) is 6.07 Å². The first-order valence-electron chi connectivity index (χ1n) is 6.08. The normalized spacial score (nSPS) is 12.5. The Bertz CT molecular complexity index is 370. The lowest BCUT2D eigenvalue weighted by Gasteiger charge is -2.13. The average Bonchev–Trinajstić information content (AvgIpc) is 2.28. The minimum Gasteiger partial charge on any atom is -0.294 e. The van der Waals surface area contributed by atoms with Crippen molar-refractivity contribution in [2.75, 3.05) is 0 Å². The smallest absolute Gasteiger partial charge is 0.166 e. The molecule has 3 heteroatoms. The third-order valence-corrected chi connectivity index (χ3v) is 3.14. The summed E-state index contributed by atoms with van der Waals surface area (Å²) in [4.78, 5) is 12.2. The van der Waals surface area contributed by atoms with Crippen LogP contribution < -0.4 is 0 Å². The van der Waals surface area contributed by atoms with Crippen molar-refractivity contribution in [1.29, 1.82) is 0 Å². The predicted octanol–water partition coefficient (Wildman–Crippen LogP) is 4.88. The number of ketones is 1. The van der Waals surface area contributed by atoms with E-state index < -0.39 is 5.82 Å². The molecule has 1 aromatic rings. The van der Waals surface area contributed by atoms with Gasteiger partial charge in [-0.2, -0.15) is 0 Å². The second-order valence-corrected chi connectivity index (χ2v) is 4.71. The van der Waals surface area contributed by atoms with Gasteiger partial charge in [0, 0.05) is 16.5 Å². The van der Waals surface area contributed by atoms with Crippen molar-refractivity contribution < 1.29 is 9.18 Å². The summed E-state index contributed by atoms with van der Waals surface area (Å²) in [7, 11) is 0. The van der Waals surface area contributed by atoms with E-state index in [2.05, 4.69) is 6.92 Å². The summed E-state index contributed by atoms with van der Waals surface area (Å²) in [5.41, 5.74) is 0.387. The van der Waals surface area contributed by atoms with Gasteiger partial charge in [0.2, 0.25) is 0 Å². The average molecular weight is 257 g/mol. The molecule has 0 N–H and O–H groups in total. The molecule has 1 nitrogen and oxygen atoms in total. The number of halogens is 2. The maximum absolute atomic E-state index is 13.2. The molecule has 0 heterocycles. The number of carbonyl (C=O) groups is 1. The number of benzene rings is 1. The molecule has 1 atom stereocenters. The van der Waals surface area contributed by atoms with Gasteiger partial charge in [-0.15, -0.1) is 0 Å². The molecular formula is C14H18ClFO. The molecular weight excluding hydrogens is 239 g/mol. The van der Waals surface area contributed by atoms with Crippen molar-refractivity contribution in [1.82, 2.24) is 0 Å². The van der Waals surface area contributed by atoms with Gasteiger partial charge in [0.05, 0.1) is 0 Å². The van der Waals surface area contributed by atoms with Crippen LogP contribution in [0.4, 0.5) is 4.39 Å². The Balaban J connectivity index is 2.85. The van der Waals surface area contributed by atoms with Gasteiger partial charge in [-0.1, -0.05) is 38.3 Å². The molecule has 94 valence electrons. The number of unbranched alkanes of at least 4 members (excludes halogenated alkanes) is 1. The number of Topliss-reactive ketones (excluding diaryl/α,β-unsaturated/α-hetero) is 1. The van der Waals surface area contributed by atoms with Gasteiger partial charge < -0.3 is 0 Å². The molecule has 0 amide bonds. The van der Waals surface area contributed by atoms with Crippen molar-refractivity contribution in [2.45, 2.75) is 39.5 Å². The van der Waals surface area contributed by atoms with Gasteiger partial charge in [-0.05, 0) is 31.0 Å². The topological polar surface area (TPSA) is 17.1 Å². The van der Waals surface area contributed by atoms with Crippen molar-refractivity contribution in [2.24, 2.45) is 5.92 Å². The van der Waals surface area contributed by atoms with Crippen molar-refractivity contribution in [3.05, 3.63) is 34.6 Å². The van der Waals surface area contributed by atoms with E-state index in [-0.39, 0.29) is 16.7 Å². The highest BCUT2D eigenvalue weighted by Crippen LogP contribution is 2.21. The Morgan fingerprint density at radius 1 is 1.35 bits per heavy atom. The minimum atomic E-state index is -0.453. The molecule has 0 aliphatic carbocycles. The Labute approximate surface area is 107 Å². The van der Waals surface area contributed by atoms with Gasteiger partial charge in [-0.25, -0.2) is 4.39 Å². The van der Waals surface area contributed by atoms with E-state index in [1.165, 1.54) is 12.1 Å². The molecule has 1 rings (SSSR count). The van der Waals surface area contributed by atoms with Crippen molar-refractivity contribution in [3.8, 4) is 0 Å². The monoisotopic (exact) mass is 256 g/mol. The fourth-order valence-corrected chi connectivity index (χ4v) is 2.12. The lowest BCUT2D eigenvalue weighted by Crippen LogP contribution is -2.14. The van der Waals surface area contributed by atoms with Crippen LogP contribution in [0.25, 0.3) is 0 Å². The zero-order valence-electron chi connectivity index (χ0n) is 10.3. The van der Waals surface area contributed by atoms with Gasteiger partial charge in [0.25, 0.3) is 0 Å². The van der Waals surface area contributed by atoms with Crippen LogP contribution in [0.5, 0.6) is 0 Å². The van der Waals surface area contributed by atoms with Gasteiger partial charge in [0.15, 0.2) is 5.78 Å². The molecule has 17 heavy (non-hydrogen) atoms. The zero-order valence-corrected chi connectivity index (χ0v) is 11.1. The van der Waals surface area contributed by atoms with Crippen LogP contribution in [-0.2, 0) is 0 Å². The van der Waals surface area contributed by atoms with Crippen LogP contribution in [0, 0.1) is 11.7 Å². The molecule has 0 bridgehead atoms. The largest absolute Gasteiger partial charge is 0.294 e. The zero-order chi connectivity index (χ0) is 12.8. The molecule has 0 radical (unpaired) electrons. The summed E-state index contributed by atoms with van der Waals surface area (Å²) in [5.74, 6) is -0.471. The van der Waals surface area contributed by atoms with Gasteiger partial charge in [0.1, 0.15) is 5.82 Å². The maximum Gasteiger partial charge on any atom is 0.166 e. The summed E-state index contributed by atoms with van der Waals surface area (Å²) in [6.07, 6.45) is 3.73. The third-order valence-electron chi connectivity index (χ3n) is 2.92. The highest BCUT2D eigenvalue weighted by atomic mass is 35.5. The number of hydrogen-bond acceptors (Lipinski definition) is 1. The first-order valence-corrected chi connectivity index (χ1v) is 6.46. The van der Waals surface area contributed by atoms with Gasteiger partial charge >= 0.3 is 0 Å². The molecule has 1 aromatic carbocycles. The predicted molar refractivity (Wildman–Crippen MR) is 69.0 cm³/mol. The molecule has 0 saturated carbocycles. The Morgan fingerprint density at radius 2 is 2.06 bits per heavy atom. The van der Waals surface area contributed by atoms with Crippen LogP contribution in [0.3, 0.4) is 0 Å². The number of carbonyl (C=O) groups excluding carboxylic acids is 1. The summed E-state index contributed by atoms with van der Waals surface area (Å²) >= 11 is 5.75. The van der Waals surface area contributed by atoms with Crippen LogP contribution in [0.15, 0.2) is 18.2 Å². The molecule has 0 unspecified atom stereocenters. The second-order valence-electron chi connectivity index (χ2n) is 4.27. The summed E-state index contributed by atoms with van der Waals surface area (Å²) in [6.45, 7) is 4.08. The first kappa shape index (κ1) is 14.2. The van der Waals surface area contributed by atoms with E-state index in [9.17, 15) is 9.18 Å². The van der Waals surface area contributed by atoms with E-state index >= 15 is 0 Å². The summed E-state index contributed by atoms with van der Waals surface area (Å²) in [6, 6.07) is 4.02. The van der Waals surface area contributed by atoms with Crippen LogP contribution in [-0.4, -0.2) is 5.78 Å². The molecule has 0 spiro atoms. The summed E-state index contributed by atoms with van der Waals surface area (Å²) in [5, 5.41) is 0.277. The lowest BCUT2D eigenvalue weighted by molar-refractivity contribution is 0.0907. The minimum absolute atomic E-state index is 0.00218. The number of hydrogen-bond donors (Lipinski definition) is 0. The Hall–Kier alpha value is -0.890. The van der Waals surface area contributed by atoms with Crippen LogP contribution in [0.2, 0.25) is 5.02 Å². The second kappa shape index (κ2) is 6.75. The lowest BCUT2D eigenvalue weighted by atomic mass is 9.90. The van der Waals surface area contributed by atoms with Crippen molar-refractivity contribution in [3.63, 3.8) is 0 Å². The quantitative estimate of drug-likeness (QED) is 0.663. The first-order chi connectivity index (χ1) is 8.08. The van der Waals surface area contributed by atoms with E-state index in [4.69, 9.17) is 11.6 Å².